The van der Waals surface area contributed by atoms with Crippen LogP contribution in [0, 0.1) is 5.82 Å². The van der Waals surface area contributed by atoms with Crippen molar-refractivity contribution in [1.29, 1.82) is 0 Å². The lowest BCUT2D eigenvalue weighted by molar-refractivity contribution is 0.0529. The number of carbonyl (C=O) groups is 2. The molecular formula is C14H20FN3O4. The molecule has 0 saturated carbocycles. The average Bonchev–Trinajstić information content (AvgIpc) is 2.35. The number of aromatic carboxylic acids is 1. The molecule has 0 saturated heterocycles. The largest absolute Gasteiger partial charge is 0.478 e. The zero-order valence-corrected chi connectivity index (χ0v) is 12.7. The number of anilines is 2. The number of hydrogen-bond donors (Lipinski definition) is 4. The molecule has 0 aliphatic rings. The van der Waals surface area contributed by atoms with Gasteiger partial charge in [-0.05, 0) is 32.9 Å². The molecule has 0 spiro atoms. The third kappa shape index (κ3) is 5.47. The predicted molar refractivity (Wildman–Crippen MR) is 80.5 cm³/mol. The van der Waals surface area contributed by atoms with Gasteiger partial charge in [-0.15, -0.1) is 0 Å². The third-order valence-corrected chi connectivity index (χ3v) is 2.48. The highest BCUT2D eigenvalue weighted by Crippen LogP contribution is 2.22. The van der Waals surface area contributed by atoms with E-state index >= 15 is 0 Å². The van der Waals surface area contributed by atoms with Gasteiger partial charge in [-0.3, -0.25) is 0 Å². The fourth-order valence-electron chi connectivity index (χ4n) is 1.58. The second-order valence-corrected chi connectivity index (χ2v) is 5.58. The molecule has 0 aliphatic carbocycles. The number of nitrogen functional groups attached to an aromatic ring is 1. The van der Waals surface area contributed by atoms with E-state index in [2.05, 4.69) is 10.6 Å². The van der Waals surface area contributed by atoms with Gasteiger partial charge in [0.15, 0.2) is 0 Å². The minimum Gasteiger partial charge on any atom is -0.478 e. The van der Waals surface area contributed by atoms with Crippen molar-refractivity contribution in [1.82, 2.24) is 5.32 Å². The highest BCUT2D eigenvalue weighted by atomic mass is 19.1. The Bertz CT molecular complexity index is 570. The molecule has 1 aromatic rings. The van der Waals surface area contributed by atoms with E-state index in [1.54, 1.807) is 20.8 Å². The number of hydrogen-bond acceptors (Lipinski definition) is 5. The molecule has 1 aromatic carbocycles. The Labute approximate surface area is 127 Å². The number of carbonyl (C=O) groups excluding carboxylic acids is 1. The zero-order valence-electron chi connectivity index (χ0n) is 12.7. The highest BCUT2D eigenvalue weighted by molar-refractivity contribution is 5.90. The molecule has 1 rings (SSSR count). The van der Waals surface area contributed by atoms with E-state index in [4.69, 9.17) is 15.6 Å². The molecule has 122 valence electrons. The maximum Gasteiger partial charge on any atom is 0.407 e. The first-order valence-electron chi connectivity index (χ1n) is 6.63. The van der Waals surface area contributed by atoms with Crippen LogP contribution in [0.25, 0.3) is 0 Å². The molecule has 0 unspecified atom stereocenters. The summed E-state index contributed by atoms with van der Waals surface area (Å²) in [6, 6.07) is 2.05. The summed E-state index contributed by atoms with van der Waals surface area (Å²) in [6.45, 7) is 5.75. The summed E-state index contributed by atoms with van der Waals surface area (Å²) >= 11 is 0. The van der Waals surface area contributed by atoms with Crippen molar-refractivity contribution in [3.05, 3.63) is 23.5 Å². The molecule has 0 bridgehead atoms. The smallest absolute Gasteiger partial charge is 0.407 e. The molecule has 0 atom stereocenters. The number of nitrogens with one attached hydrogen (secondary N) is 2. The van der Waals surface area contributed by atoms with Crippen LogP contribution < -0.4 is 16.4 Å². The van der Waals surface area contributed by atoms with Crippen molar-refractivity contribution >= 4 is 23.4 Å². The van der Waals surface area contributed by atoms with Gasteiger partial charge in [-0.1, -0.05) is 0 Å². The van der Waals surface area contributed by atoms with Gasteiger partial charge in [-0.25, -0.2) is 14.0 Å². The van der Waals surface area contributed by atoms with Gasteiger partial charge in [0.05, 0.1) is 16.9 Å². The molecule has 8 heteroatoms. The summed E-state index contributed by atoms with van der Waals surface area (Å²) in [5.74, 6) is -2.27. The number of alkyl carbamates (subject to hydrolysis) is 1. The first-order valence-corrected chi connectivity index (χ1v) is 6.63. The zero-order chi connectivity index (χ0) is 16.9. The van der Waals surface area contributed by atoms with Crippen molar-refractivity contribution in [3.63, 3.8) is 0 Å². The second-order valence-electron chi connectivity index (χ2n) is 5.58. The van der Waals surface area contributed by atoms with Crippen LogP contribution in [0.3, 0.4) is 0 Å². The Balaban J connectivity index is 2.51. The summed E-state index contributed by atoms with van der Waals surface area (Å²) in [6.07, 6.45) is -0.560. The van der Waals surface area contributed by atoms with Gasteiger partial charge in [0.25, 0.3) is 0 Å². The third-order valence-electron chi connectivity index (χ3n) is 2.48. The lowest BCUT2D eigenvalue weighted by Gasteiger charge is -2.19. The van der Waals surface area contributed by atoms with Crippen molar-refractivity contribution in [2.75, 3.05) is 24.1 Å². The Morgan fingerprint density at radius 2 is 1.95 bits per heavy atom. The minimum atomic E-state index is -1.39. The van der Waals surface area contributed by atoms with E-state index in [1.165, 1.54) is 0 Å². The molecule has 0 aromatic heterocycles. The first-order chi connectivity index (χ1) is 10.1. The van der Waals surface area contributed by atoms with Crippen molar-refractivity contribution in [2.45, 2.75) is 26.4 Å². The Kier molecular flexibility index (Phi) is 5.56. The van der Waals surface area contributed by atoms with Crippen LogP contribution in [0.5, 0.6) is 0 Å². The van der Waals surface area contributed by atoms with E-state index in [1.807, 2.05) is 0 Å². The van der Waals surface area contributed by atoms with Crippen molar-refractivity contribution in [2.24, 2.45) is 0 Å². The Morgan fingerprint density at radius 1 is 1.32 bits per heavy atom. The number of carboxylic acids is 1. The standard InChI is InChI=1S/C14H20FN3O4/c1-14(2,3)22-13(21)18-5-4-17-11-7-9(15)8(12(19)20)6-10(11)16/h6-7,17H,4-5,16H2,1-3H3,(H,18,21)(H,19,20). The quantitative estimate of drug-likeness (QED) is 0.488. The summed E-state index contributed by atoms with van der Waals surface area (Å²) in [5.41, 5.74) is 4.94. The predicted octanol–water partition coefficient (Wildman–Crippen LogP) is 2.04. The van der Waals surface area contributed by atoms with E-state index < -0.39 is 29.0 Å². The molecule has 0 fully saturated rings. The van der Waals surface area contributed by atoms with Crippen molar-refractivity contribution in [3.8, 4) is 0 Å². The van der Waals surface area contributed by atoms with Gasteiger partial charge in [0.2, 0.25) is 0 Å². The first kappa shape index (κ1) is 17.5. The van der Waals surface area contributed by atoms with Crippen LogP contribution in [-0.4, -0.2) is 35.9 Å². The molecule has 22 heavy (non-hydrogen) atoms. The maximum atomic E-state index is 13.5. The van der Waals surface area contributed by atoms with Gasteiger partial charge in [0, 0.05) is 13.1 Å². The topological polar surface area (TPSA) is 114 Å². The maximum absolute atomic E-state index is 13.5. The highest BCUT2D eigenvalue weighted by Gasteiger charge is 2.16. The molecule has 7 nitrogen and oxygen atoms in total. The molecule has 0 aliphatic heterocycles. The number of nitrogens with two attached hydrogens (primary N) is 1. The number of ether oxygens (including phenoxy) is 1. The SMILES string of the molecule is CC(C)(C)OC(=O)NCCNc1cc(F)c(C(=O)O)cc1N. The molecular weight excluding hydrogens is 293 g/mol. The van der Waals surface area contributed by atoms with Crippen molar-refractivity contribution < 1.29 is 23.8 Å². The van der Waals surface area contributed by atoms with Crippen LogP contribution in [0.4, 0.5) is 20.6 Å². The van der Waals surface area contributed by atoms with Crippen LogP contribution >= 0.6 is 0 Å². The summed E-state index contributed by atoms with van der Waals surface area (Å²) in [4.78, 5) is 22.2. The van der Waals surface area contributed by atoms with Crippen LogP contribution in [-0.2, 0) is 4.74 Å². The van der Waals surface area contributed by atoms with Gasteiger partial charge < -0.3 is 26.2 Å². The van der Waals surface area contributed by atoms with E-state index in [9.17, 15) is 14.0 Å². The summed E-state index contributed by atoms with van der Waals surface area (Å²) in [5, 5.41) is 14.1. The van der Waals surface area contributed by atoms with Gasteiger partial charge >= 0.3 is 12.1 Å². The summed E-state index contributed by atoms with van der Waals surface area (Å²) in [7, 11) is 0. The fourth-order valence-corrected chi connectivity index (χ4v) is 1.58. The number of amides is 1. The van der Waals surface area contributed by atoms with Crippen LogP contribution in [0.1, 0.15) is 31.1 Å². The summed E-state index contributed by atoms with van der Waals surface area (Å²) < 4.78 is 18.6. The van der Waals surface area contributed by atoms with Gasteiger partial charge in [-0.2, -0.15) is 0 Å². The number of carboxylic acid groups (broad SMARTS) is 1. The lowest BCUT2D eigenvalue weighted by atomic mass is 10.1. The van der Waals surface area contributed by atoms with E-state index in [-0.39, 0.29) is 24.5 Å². The molecule has 0 heterocycles. The Morgan fingerprint density at radius 3 is 2.50 bits per heavy atom. The Hall–Kier alpha value is -2.51. The normalized spacial score (nSPS) is 10.9. The van der Waals surface area contributed by atoms with E-state index in [0.29, 0.717) is 0 Å². The number of rotatable bonds is 5. The second kappa shape index (κ2) is 6.97. The fraction of sp³-hybridized carbons (Fsp3) is 0.429. The van der Waals surface area contributed by atoms with E-state index in [0.717, 1.165) is 12.1 Å². The number of halogens is 1. The minimum absolute atomic E-state index is 0.107. The monoisotopic (exact) mass is 313 g/mol. The molecule has 5 N–H and O–H groups in total. The molecule has 0 radical (unpaired) electrons. The lowest BCUT2D eigenvalue weighted by Crippen LogP contribution is -2.35. The van der Waals surface area contributed by atoms with Gasteiger partial charge in [0.1, 0.15) is 11.4 Å². The molecule has 1 amide bonds. The number of benzene rings is 1. The van der Waals surface area contributed by atoms with Crippen LogP contribution in [0.15, 0.2) is 12.1 Å². The average molecular weight is 313 g/mol. The van der Waals surface area contributed by atoms with Crippen LogP contribution in [0.2, 0.25) is 0 Å².